The van der Waals surface area contributed by atoms with E-state index in [2.05, 4.69) is 24.0 Å². The Balaban J connectivity index is 1.60. The number of ether oxygens (including phenoxy) is 1. The number of rotatable bonds is 3. The Kier molecular flexibility index (Phi) is 5.77. The maximum absolute atomic E-state index is 13.4. The predicted molar refractivity (Wildman–Crippen MR) is 118 cm³/mol. The minimum Gasteiger partial charge on any atom is -0.485 e. The lowest BCUT2D eigenvalue weighted by molar-refractivity contribution is -0.131. The zero-order valence-electron chi connectivity index (χ0n) is 18.9. The van der Waals surface area contributed by atoms with Gasteiger partial charge in [-0.15, -0.1) is 0 Å². The van der Waals surface area contributed by atoms with Crippen molar-refractivity contribution in [1.29, 1.82) is 0 Å². The molecule has 1 aliphatic carbocycles. The van der Waals surface area contributed by atoms with Crippen LogP contribution in [0, 0.1) is 0 Å². The molecule has 31 heavy (non-hydrogen) atoms. The Morgan fingerprint density at radius 1 is 1.26 bits per heavy atom. The fourth-order valence-corrected chi connectivity index (χ4v) is 4.69. The Morgan fingerprint density at radius 2 is 1.97 bits per heavy atom. The molecule has 1 fully saturated rings. The number of nitrogens with one attached hydrogen (secondary N) is 1. The monoisotopic (exact) mass is 424 g/mol. The smallest absolute Gasteiger partial charge is 0.274 e. The number of carbonyl (C=O) groups is 2. The zero-order chi connectivity index (χ0) is 22.2. The van der Waals surface area contributed by atoms with Gasteiger partial charge in [0.15, 0.2) is 0 Å². The average molecular weight is 425 g/mol. The summed E-state index contributed by atoms with van der Waals surface area (Å²) in [6, 6.07) is 10.0. The third-order valence-corrected chi connectivity index (χ3v) is 6.78. The highest BCUT2D eigenvalue weighted by molar-refractivity contribution is 5.92. The van der Waals surface area contributed by atoms with Gasteiger partial charge < -0.3 is 14.5 Å². The van der Waals surface area contributed by atoms with E-state index in [9.17, 15) is 9.59 Å². The summed E-state index contributed by atoms with van der Waals surface area (Å²) in [6.07, 6.45) is 3.32. The fraction of sp³-hybridized carbons (Fsp3) is 0.542. The number of para-hydroxylation sites is 1. The number of hydrogen-bond acceptors (Lipinski definition) is 4. The zero-order valence-corrected chi connectivity index (χ0v) is 18.9. The Morgan fingerprint density at radius 3 is 2.61 bits per heavy atom. The van der Waals surface area contributed by atoms with Crippen molar-refractivity contribution in [3.05, 3.63) is 47.3 Å². The van der Waals surface area contributed by atoms with Crippen LogP contribution in [0.15, 0.2) is 30.3 Å². The highest BCUT2D eigenvalue weighted by Crippen LogP contribution is 2.39. The van der Waals surface area contributed by atoms with Gasteiger partial charge in [-0.05, 0) is 43.7 Å². The standard InChI is InChI=1S/C24H32N4O3/c1-16(2)20-13-21(26-25-20)23(30)28-14-18-7-5-6-8-22(18)31-24(15-28)11-9-19(10-12-24)27(4)17(3)29/h5-8,13,16,19H,9-12,14-15H2,1-4H3,(H,25,26). The second-order valence-corrected chi connectivity index (χ2v) is 9.28. The second-order valence-electron chi connectivity index (χ2n) is 9.28. The Hall–Kier alpha value is -2.83. The molecule has 2 amide bonds. The molecule has 2 aliphatic rings. The molecule has 166 valence electrons. The van der Waals surface area contributed by atoms with E-state index in [1.54, 1.807) is 6.92 Å². The fourth-order valence-electron chi connectivity index (χ4n) is 4.69. The van der Waals surface area contributed by atoms with Crippen LogP contribution >= 0.6 is 0 Å². The molecule has 1 spiro atoms. The molecule has 2 heterocycles. The number of fused-ring (bicyclic) bond motifs is 1. The lowest BCUT2D eigenvalue weighted by atomic mass is 9.81. The van der Waals surface area contributed by atoms with Crippen molar-refractivity contribution in [2.45, 2.75) is 70.6 Å². The number of benzene rings is 1. The maximum atomic E-state index is 13.4. The van der Waals surface area contributed by atoms with Gasteiger partial charge >= 0.3 is 0 Å². The van der Waals surface area contributed by atoms with E-state index >= 15 is 0 Å². The van der Waals surface area contributed by atoms with Gasteiger partial charge in [0.1, 0.15) is 17.0 Å². The molecule has 4 rings (SSSR count). The summed E-state index contributed by atoms with van der Waals surface area (Å²) in [5, 5.41) is 7.28. The molecule has 7 nitrogen and oxygen atoms in total. The van der Waals surface area contributed by atoms with Crippen molar-refractivity contribution in [2.24, 2.45) is 0 Å². The first kappa shape index (κ1) is 21.4. The Bertz CT molecular complexity index is 959. The topological polar surface area (TPSA) is 78.5 Å². The molecule has 1 aliphatic heterocycles. The second kappa shape index (κ2) is 8.36. The van der Waals surface area contributed by atoms with Crippen molar-refractivity contribution in [3.63, 3.8) is 0 Å². The van der Waals surface area contributed by atoms with Gasteiger partial charge in [-0.3, -0.25) is 14.7 Å². The molecule has 1 aromatic heterocycles. The van der Waals surface area contributed by atoms with Gasteiger partial charge in [-0.2, -0.15) is 5.10 Å². The highest BCUT2D eigenvalue weighted by Gasteiger charge is 2.43. The molecule has 0 bridgehead atoms. The number of aromatic amines is 1. The van der Waals surface area contributed by atoms with Crippen molar-refractivity contribution < 1.29 is 14.3 Å². The van der Waals surface area contributed by atoms with E-state index in [0.29, 0.717) is 18.8 Å². The molecule has 0 saturated heterocycles. The normalized spacial score (nSPS) is 23.3. The van der Waals surface area contributed by atoms with Crippen LogP contribution in [-0.2, 0) is 11.3 Å². The number of H-pyrrole nitrogens is 1. The van der Waals surface area contributed by atoms with Crippen LogP contribution in [0.2, 0.25) is 0 Å². The van der Waals surface area contributed by atoms with Gasteiger partial charge in [0.05, 0.1) is 6.54 Å². The number of aromatic nitrogens is 2. The van der Waals surface area contributed by atoms with Crippen LogP contribution in [0.4, 0.5) is 0 Å². The summed E-state index contributed by atoms with van der Waals surface area (Å²) in [7, 11) is 1.87. The number of nitrogens with zero attached hydrogens (tertiary/aromatic N) is 3. The van der Waals surface area contributed by atoms with E-state index in [1.165, 1.54) is 0 Å². The minimum absolute atomic E-state index is 0.0780. The van der Waals surface area contributed by atoms with E-state index in [-0.39, 0.29) is 23.8 Å². The lowest BCUT2D eigenvalue weighted by Gasteiger charge is -2.43. The molecule has 1 aromatic carbocycles. The highest BCUT2D eigenvalue weighted by atomic mass is 16.5. The first-order valence-corrected chi connectivity index (χ1v) is 11.1. The first-order valence-electron chi connectivity index (χ1n) is 11.1. The van der Waals surface area contributed by atoms with Crippen LogP contribution in [-0.4, -0.2) is 57.0 Å². The molecule has 0 unspecified atom stereocenters. The third-order valence-electron chi connectivity index (χ3n) is 6.78. The molecule has 0 radical (unpaired) electrons. The van der Waals surface area contributed by atoms with E-state index in [1.807, 2.05) is 47.2 Å². The lowest BCUT2D eigenvalue weighted by Crippen LogP contribution is -2.52. The van der Waals surface area contributed by atoms with Crippen LogP contribution in [0.1, 0.15) is 74.1 Å². The van der Waals surface area contributed by atoms with Crippen molar-refractivity contribution in [2.75, 3.05) is 13.6 Å². The maximum Gasteiger partial charge on any atom is 0.274 e. The van der Waals surface area contributed by atoms with E-state index in [0.717, 1.165) is 42.7 Å². The van der Waals surface area contributed by atoms with Crippen molar-refractivity contribution in [1.82, 2.24) is 20.0 Å². The summed E-state index contributed by atoms with van der Waals surface area (Å²) in [5.41, 5.74) is 1.96. The quantitative estimate of drug-likeness (QED) is 0.814. The van der Waals surface area contributed by atoms with E-state index < -0.39 is 5.60 Å². The molecule has 7 heteroatoms. The van der Waals surface area contributed by atoms with E-state index in [4.69, 9.17) is 4.74 Å². The van der Waals surface area contributed by atoms with Crippen molar-refractivity contribution in [3.8, 4) is 5.75 Å². The largest absolute Gasteiger partial charge is 0.485 e. The van der Waals surface area contributed by atoms with Gasteiger partial charge in [-0.1, -0.05) is 32.0 Å². The summed E-state index contributed by atoms with van der Waals surface area (Å²) >= 11 is 0. The summed E-state index contributed by atoms with van der Waals surface area (Å²) in [6.45, 7) is 6.77. The summed E-state index contributed by atoms with van der Waals surface area (Å²) < 4.78 is 6.61. The number of carbonyl (C=O) groups excluding carboxylic acids is 2. The SMILES string of the molecule is CC(=O)N(C)C1CCC2(CC1)CN(C(=O)c1cc(C(C)C)[nH]n1)Cc1ccccc1O2. The van der Waals surface area contributed by atoms with Gasteiger partial charge in [0, 0.05) is 37.8 Å². The van der Waals surface area contributed by atoms with Crippen LogP contribution in [0.25, 0.3) is 0 Å². The molecular formula is C24H32N4O3. The van der Waals surface area contributed by atoms with Crippen LogP contribution < -0.4 is 4.74 Å². The van der Waals surface area contributed by atoms with Gasteiger partial charge in [0.2, 0.25) is 5.91 Å². The predicted octanol–water partition coefficient (Wildman–Crippen LogP) is 3.73. The summed E-state index contributed by atoms with van der Waals surface area (Å²) in [5.74, 6) is 1.14. The molecule has 0 atom stereocenters. The average Bonchev–Trinajstić information content (AvgIpc) is 3.19. The number of amides is 2. The third kappa shape index (κ3) is 4.31. The van der Waals surface area contributed by atoms with Gasteiger partial charge in [-0.25, -0.2) is 0 Å². The Labute approximate surface area is 183 Å². The van der Waals surface area contributed by atoms with Gasteiger partial charge in [0.25, 0.3) is 5.91 Å². The van der Waals surface area contributed by atoms with Crippen molar-refractivity contribution >= 4 is 11.8 Å². The first-order chi connectivity index (χ1) is 14.8. The minimum atomic E-state index is -0.451. The molecule has 1 saturated carbocycles. The molecular weight excluding hydrogens is 392 g/mol. The molecule has 1 N–H and O–H groups in total. The van der Waals surface area contributed by atoms with Crippen LogP contribution in [0.5, 0.6) is 5.75 Å². The summed E-state index contributed by atoms with van der Waals surface area (Å²) in [4.78, 5) is 28.9. The molecule has 2 aromatic rings. The van der Waals surface area contributed by atoms with Crippen LogP contribution in [0.3, 0.4) is 0 Å². The number of hydrogen-bond donors (Lipinski definition) is 1.